The molecule has 4 aliphatic heterocycles. The van der Waals surface area contributed by atoms with E-state index in [2.05, 4.69) is 57.3 Å². The second-order valence-corrected chi connectivity index (χ2v) is 9.29. The maximum atomic E-state index is 12.4. The number of piperazine rings is 1. The van der Waals surface area contributed by atoms with Gasteiger partial charge in [0.05, 0.1) is 0 Å². The topological polar surface area (TPSA) is 74.7 Å². The van der Waals surface area contributed by atoms with E-state index in [9.17, 15) is 9.59 Å². The third-order valence-electron chi connectivity index (χ3n) is 7.16. The van der Waals surface area contributed by atoms with Crippen molar-refractivity contribution >= 4 is 17.9 Å². The Kier molecular flexibility index (Phi) is 6.07. The highest BCUT2D eigenvalue weighted by molar-refractivity contribution is 6.04. The van der Waals surface area contributed by atoms with Crippen LogP contribution >= 0.6 is 0 Å². The fourth-order valence-electron chi connectivity index (χ4n) is 5.15. The molecule has 0 radical (unpaired) electrons. The molecule has 0 spiro atoms. The van der Waals surface area contributed by atoms with Gasteiger partial charge in [-0.3, -0.25) is 15.0 Å². The number of rotatable bonds is 7. The first-order valence-corrected chi connectivity index (χ1v) is 11.9. The number of benzene rings is 1. The number of nitrogens with zero attached hydrogens (tertiary/aromatic N) is 6. The summed E-state index contributed by atoms with van der Waals surface area (Å²) in [4.78, 5) is 39.9. The molecule has 0 aromatic heterocycles. The average molecular weight is 452 g/mol. The third kappa shape index (κ3) is 4.35. The van der Waals surface area contributed by atoms with Gasteiger partial charge in [0.15, 0.2) is 12.2 Å². The normalized spacial score (nSPS) is 25.7. The Morgan fingerprint density at radius 1 is 1.00 bits per heavy atom. The predicted molar refractivity (Wildman–Crippen MR) is 126 cm³/mol. The lowest BCUT2D eigenvalue weighted by Gasteiger charge is -2.35. The number of hydrogen-bond donors (Lipinski definition) is 1. The highest BCUT2D eigenvalue weighted by Gasteiger charge is 2.51. The van der Waals surface area contributed by atoms with Gasteiger partial charge in [-0.2, -0.15) is 0 Å². The lowest BCUT2D eigenvalue weighted by atomic mass is 10.1. The van der Waals surface area contributed by atoms with Crippen LogP contribution in [0.15, 0.2) is 47.2 Å². The number of imide groups is 1. The summed E-state index contributed by atoms with van der Waals surface area (Å²) in [5.41, 5.74) is 2.50. The van der Waals surface area contributed by atoms with Gasteiger partial charge in [-0.25, -0.2) is 9.79 Å². The Bertz CT molecular complexity index is 955. The summed E-state index contributed by atoms with van der Waals surface area (Å²) in [6.07, 6.45) is 3.86. The molecule has 2 saturated heterocycles. The number of aliphatic imine (C=N–C) groups is 1. The van der Waals surface area contributed by atoms with Gasteiger partial charge in [-0.15, -0.1) is 0 Å². The lowest BCUT2D eigenvalue weighted by molar-refractivity contribution is -0.126. The standard InChI is InChI=1S/C24H33N7O2/c1-18-17-31-20-21(27(2)24(33)26-22(20)32)25-23(31)30(18)16-15-29-13-11-28(12-14-29)10-6-9-19-7-4-3-5-8-19/h3-5,7-8,17,20-21H,6,9-16H2,1-2H3,(H,26,32,33). The van der Waals surface area contributed by atoms with Crippen LogP contribution in [0.2, 0.25) is 0 Å². The minimum atomic E-state index is -0.484. The first-order chi connectivity index (χ1) is 16.0. The zero-order valence-corrected chi connectivity index (χ0v) is 19.5. The number of fused-ring (bicyclic) bond motifs is 3. The van der Waals surface area contributed by atoms with Crippen LogP contribution in [0.1, 0.15) is 18.9 Å². The second kappa shape index (κ2) is 9.15. The summed E-state index contributed by atoms with van der Waals surface area (Å²) in [5.74, 6) is 0.495. The summed E-state index contributed by atoms with van der Waals surface area (Å²) in [6, 6.07) is 9.84. The molecule has 4 aliphatic rings. The molecule has 0 aliphatic carbocycles. The molecule has 2 fully saturated rings. The van der Waals surface area contributed by atoms with Gasteiger partial charge in [-0.1, -0.05) is 30.3 Å². The first kappa shape index (κ1) is 21.9. The van der Waals surface area contributed by atoms with E-state index in [1.807, 2.05) is 11.1 Å². The van der Waals surface area contributed by atoms with Crippen molar-refractivity contribution in [2.45, 2.75) is 32.0 Å². The van der Waals surface area contributed by atoms with E-state index in [-0.39, 0.29) is 11.9 Å². The van der Waals surface area contributed by atoms with Crippen molar-refractivity contribution < 1.29 is 9.59 Å². The fourth-order valence-corrected chi connectivity index (χ4v) is 5.15. The van der Waals surface area contributed by atoms with Gasteiger partial charge in [0.25, 0.3) is 5.91 Å². The fraction of sp³-hybridized carbons (Fsp3) is 0.542. The van der Waals surface area contributed by atoms with Crippen molar-refractivity contribution in [2.75, 3.05) is 52.9 Å². The Hall–Kier alpha value is -2.91. The Morgan fingerprint density at radius 2 is 1.70 bits per heavy atom. The van der Waals surface area contributed by atoms with E-state index in [0.717, 1.165) is 63.9 Å². The molecule has 2 atom stereocenters. The van der Waals surface area contributed by atoms with Crippen LogP contribution in [0.4, 0.5) is 4.79 Å². The molecule has 5 rings (SSSR count). The summed E-state index contributed by atoms with van der Waals surface area (Å²) in [5, 5.41) is 2.43. The smallest absolute Gasteiger partial charge is 0.313 e. The van der Waals surface area contributed by atoms with Gasteiger partial charge in [0.1, 0.15) is 0 Å². The van der Waals surface area contributed by atoms with Crippen LogP contribution in [0.5, 0.6) is 0 Å². The first-order valence-electron chi connectivity index (χ1n) is 11.9. The SMILES string of the molecule is CC1=CN2C(=NC3C2C(=O)NC(=O)N3C)N1CCN1CCN(CCCc2ccccc2)CC1. The number of nitrogens with one attached hydrogen (secondary N) is 1. The lowest BCUT2D eigenvalue weighted by Crippen LogP contribution is -2.62. The van der Waals surface area contributed by atoms with Crippen LogP contribution in [0, 0.1) is 0 Å². The van der Waals surface area contributed by atoms with Gasteiger partial charge in [0.2, 0.25) is 5.96 Å². The highest BCUT2D eigenvalue weighted by Crippen LogP contribution is 2.31. The second-order valence-electron chi connectivity index (χ2n) is 9.29. The van der Waals surface area contributed by atoms with Gasteiger partial charge < -0.3 is 19.6 Å². The minimum absolute atomic E-state index is 0.281. The van der Waals surface area contributed by atoms with E-state index in [1.165, 1.54) is 16.9 Å². The number of likely N-dealkylation sites (N-methyl/N-ethyl adjacent to an activating group) is 1. The van der Waals surface area contributed by atoms with Crippen LogP contribution in [-0.4, -0.2) is 107 Å². The van der Waals surface area contributed by atoms with Crippen molar-refractivity contribution in [2.24, 2.45) is 4.99 Å². The number of carbonyl (C=O) groups excluding carboxylic acids is 2. The Labute approximate surface area is 195 Å². The zero-order chi connectivity index (χ0) is 22.9. The van der Waals surface area contributed by atoms with E-state index < -0.39 is 12.2 Å². The number of hydrogen-bond acceptors (Lipinski definition) is 7. The van der Waals surface area contributed by atoms with Crippen LogP contribution in [0.25, 0.3) is 0 Å². The number of amides is 3. The number of guanidine groups is 1. The molecule has 9 nitrogen and oxygen atoms in total. The third-order valence-corrected chi connectivity index (χ3v) is 7.16. The number of urea groups is 1. The molecule has 1 aromatic carbocycles. The van der Waals surface area contributed by atoms with Crippen LogP contribution < -0.4 is 5.32 Å². The largest absolute Gasteiger partial charge is 0.325 e. The monoisotopic (exact) mass is 451 g/mol. The number of carbonyl (C=O) groups is 2. The molecule has 1 aromatic rings. The summed E-state index contributed by atoms with van der Waals surface area (Å²) < 4.78 is 0. The predicted octanol–water partition coefficient (Wildman–Crippen LogP) is 0.962. The van der Waals surface area contributed by atoms with Crippen LogP contribution in [-0.2, 0) is 11.2 Å². The molecule has 9 heteroatoms. The van der Waals surface area contributed by atoms with Crippen molar-refractivity contribution in [1.29, 1.82) is 0 Å². The van der Waals surface area contributed by atoms with Gasteiger partial charge >= 0.3 is 6.03 Å². The minimum Gasteiger partial charge on any atom is -0.313 e. The maximum absolute atomic E-state index is 12.4. The molecule has 0 saturated carbocycles. The molecule has 2 unspecified atom stereocenters. The van der Waals surface area contributed by atoms with E-state index in [4.69, 9.17) is 4.99 Å². The van der Waals surface area contributed by atoms with Gasteiger partial charge in [-0.05, 0) is 31.9 Å². The quantitative estimate of drug-likeness (QED) is 0.666. The number of aryl methyl sites for hydroxylation is 1. The molecule has 33 heavy (non-hydrogen) atoms. The number of allylic oxidation sites excluding steroid dienone is 1. The maximum Gasteiger partial charge on any atom is 0.325 e. The van der Waals surface area contributed by atoms with Gasteiger partial charge in [0, 0.05) is 58.2 Å². The molecule has 1 N–H and O–H groups in total. The molecule has 0 bridgehead atoms. The molecular weight excluding hydrogens is 418 g/mol. The molecular formula is C24H33N7O2. The Morgan fingerprint density at radius 3 is 2.42 bits per heavy atom. The van der Waals surface area contributed by atoms with E-state index >= 15 is 0 Å². The van der Waals surface area contributed by atoms with Crippen molar-refractivity contribution in [3.05, 3.63) is 47.8 Å². The van der Waals surface area contributed by atoms with E-state index in [0.29, 0.717) is 0 Å². The summed E-state index contributed by atoms with van der Waals surface area (Å²) >= 11 is 0. The van der Waals surface area contributed by atoms with Crippen molar-refractivity contribution in [3.63, 3.8) is 0 Å². The molecule has 176 valence electrons. The van der Waals surface area contributed by atoms with Crippen molar-refractivity contribution in [1.82, 2.24) is 29.8 Å². The average Bonchev–Trinajstić information content (AvgIpc) is 3.33. The summed E-state index contributed by atoms with van der Waals surface area (Å²) in [7, 11) is 1.69. The van der Waals surface area contributed by atoms with E-state index in [1.54, 1.807) is 7.05 Å². The highest BCUT2D eigenvalue weighted by atomic mass is 16.2. The van der Waals surface area contributed by atoms with Crippen LogP contribution in [0.3, 0.4) is 0 Å². The molecule has 4 heterocycles. The van der Waals surface area contributed by atoms with Crippen molar-refractivity contribution in [3.8, 4) is 0 Å². The summed E-state index contributed by atoms with van der Waals surface area (Å²) in [6.45, 7) is 9.33. The Balaban J connectivity index is 1.09. The zero-order valence-electron chi connectivity index (χ0n) is 19.5. The molecule has 3 amide bonds.